The lowest BCUT2D eigenvalue weighted by Crippen LogP contribution is -2.22. The van der Waals surface area contributed by atoms with Crippen LogP contribution in [0.3, 0.4) is 0 Å². The van der Waals surface area contributed by atoms with Crippen molar-refractivity contribution < 1.29 is 29.4 Å². The number of carbonyl (C=O) groups excluding carboxylic acids is 2. The summed E-state index contributed by atoms with van der Waals surface area (Å²) in [5.74, 6) is -0.0685. The molecule has 0 aliphatic rings. The Hall–Kier alpha value is -2.88. The van der Waals surface area contributed by atoms with Gasteiger partial charge in [-0.15, -0.1) is 0 Å². The second-order valence-corrected chi connectivity index (χ2v) is 7.95. The Labute approximate surface area is 195 Å². The summed E-state index contributed by atoms with van der Waals surface area (Å²) in [6, 6.07) is 14.3. The van der Waals surface area contributed by atoms with Crippen LogP contribution in [0.15, 0.2) is 65.2 Å². The topological polar surface area (TPSA) is 117 Å². The zero-order valence-corrected chi connectivity index (χ0v) is 19.2. The van der Waals surface area contributed by atoms with E-state index in [1.54, 1.807) is 35.8 Å². The molecule has 0 radical (unpaired) electrons. The number of ether oxygens (including phenoxy) is 2. The van der Waals surface area contributed by atoms with E-state index in [1.807, 2.05) is 31.2 Å². The van der Waals surface area contributed by atoms with Gasteiger partial charge >= 0.3 is 6.09 Å². The molecule has 0 aliphatic carbocycles. The summed E-state index contributed by atoms with van der Waals surface area (Å²) in [5, 5.41) is 20.2. The number of aliphatic hydroxyl groups excluding tert-OH is 1. The van der Waals surface area contributed by atoms with Crippen molar-refractivity contribution in [3.05, 3.63) is 70.7 Å². The van der Waals surface area contributed by atoms with Gasteiger partial charge in [0, 0.05) is 16.2 Å². The van der Waals surface area contributed by atoms with Crippen molar-refractivity contribution in [3.8, 4) is 5.75 Å². The minimum Gasteiger partial charge on any atom is -0.491 e. The molecule has 2 aromatic carbocycles. The molecule has 172 valence electrons. The third-order valence-electron chi connectivity index (χ3n) is 4.58. The number of hydrogen-bond acceptors (Lipinski definition) is 6. The van der Waals surface area contributed by atoms with Crippen LogP contribution >= 0.6 is 15.9 Å². The highest BCUT2D eigenvalue weighted by Gasteiger charge is 2.23. The van der Waals surface area contributed by atoms with E-state index in [0.717, 1.165) is 10.0 Å². The molecular formula is C23H27BrN2O6. The molecule has 0 bridgehead atoms. The van der Waals surface area contributed by atoms with Crippen LogP contribution in [-0.2, 0) is 9.53 Å². The largest absolute Gasteiger partial charge is 0.491 e. The van der Waals surface area contributed by atoms with Crippen LogP contribution in [0.25, 0.3) is 0 Å². The Kier molecular flexibility index (Phi) is 10.7. The van der Waals surface area contributed by atoms with E-state index in [2.05, 4.69) is 21.2 Å². The number of carbonyl (C=O) groups is 2. The molecular weight excluding hydrogens is 480 g/mol. The van der Waals surface area contributed by atoms with E-state index in [9.17, 15) is 9.59 Å². The standard InChI is InChI=1S/C23H27BrN2O6/c1-16(4-2-3-5-21(28)26-30)22(17-6-12-20(13-7-17)31-15-14-27)32-23(29)25-19-10-8-18(24)9-11-19/h3,5-13,16,22,27,30H,2,4,14-15H2,1H3,(H,25,29)(H,26,28)/b5-3+/t16-,22+/m1/s1. The number of halogens is 1. The molecule has 0 aliphatic heterocycles. The summed E-state index contributed by atoms with van der Waals surface area (Å²) in [6.45, 7) is 2.06. The van der Waals surface area contributed by atoms with Gasteiger partial charge in [0.25, 0.3) is 5.91 Å². The number of rotatable bonds is 11. The van der Waals surface area contributed by atoms with Crippen LogP contribution in [0, 0.1) is 5.92 Å². The maximum Gasteiger partial charge on any atom is 0.412 e. The van der Waals surface area contributed by atoms with E-state index in [0.29, 0.717) is 24.3 Å². The zero-order chi connectivity index (χ0) is 23.3. The molecule has 2 aromatic rings. The summed E-state index contributed by atoms with van der Waals surface area (Å²) in [7, 11) is 0. The van der Waals surface area contributed by atoms with Crippen LogP contribution in [-0.4, -0.2) is 35.5 Å². The number of anilines is 1. The summed E-state index contributed by atoms with van der Waals surface area (Å²) < 4.78 is 12.1. The first-order valence-electron chi connectivity index (χ1n) is 10.1. The predicted molar refractivity (Wildman–Crippen MR) is 123 cm³/mol. The molecule has 0 spiro atoms. The lowest BCUT2D eigenvalue weighted by molar-refractivity contribution is -0.124. The van der Waals surface area contributed by atoms with E-state index < -0.39 is 18.1 Å². The summed E-state index contributed by atoms with van der Waals surface area (Å²) in [5.41, 5.74) is 2.94. The fourth-order valence-electron chi connectivity index (χ4n) is 2.96. The van der Waals surface area contributed by atoms with Gasteiger partial charge in [-0.05, 0) is 60.7 Å². The minimum absolute atomic E-state index is 0.0725. The molecule has 0 fully saturated rings. The van der Waals surface area contributed by atoms with Crippen LogP contribution < -0.4 is 15.5 Å². The van der Waals surface area contributed by atoms with Gasteiger partial charge in [-0.1, -0.05) is 41.1 Å². The summed E-state index contributed by atoms with van der Waals surface area (Å²) in [6.07, 6.45) is 2.95. The second kappa shape index (κ2) is 13.5. The van der Waals surface area contributed by atoms with Gasteiger partial charge in [0.1, 0.15) is 18.5 Å². The first-order valence-corrected chi connectivity index (χ1v) is 10.9. The summed E-state index contributed by atoms with van der Waals surface area (Å²) in [4.78, 5) is 23.7. The highest BCUT2D eigenvalue weighted by atomic mass is 79.9. The molecule has 9 heteroatoms. The number of hydrogen-bond donors (Lipinski definition) is 4. The van der Waals surface area contributed by atoms with E-state index >= 15 is 0 Å². The molecule has 2 amide bonds. The number of benzene rings is 2. The van der Waals surface area contributed by atoms with Crippen molar-refractivity contribution in [1.29, 1.82) is 0 Å². The monoisotopic (exact) mass is 506 g/mol. The first kappa shape index (κ1) is 25.4. The number of allylic oxidation sites excluding steroid dienone is 1. The number of nitrogens with one attached hydrogen (secondary N) is 2. The molecule has 0 unspecified atom stereocenters. The lowest BCUT2D eigenvalue weighted by Gasteiger charge is -2.25. The molecule has 4 N–H and O–H groups in total. The minimum atomic E-state index is -0.599. The van der Waals surface area contributed by atoms with Gasteiger partial charge in [-0.25, -0.2) is 10.3 Å². The summed E-state index contributed by atoms with van der Waals surface area (Å²) >= 11 is 3.35. The number of amides is 2. The SMILES string of the molecule is C[C@H](CC/C=C/C(=O)NO)[C@H](OC(=O)Nc1ccc(Br)cc1)c1ccc(OCCO)cc1. The smallest absolute Gasteiger partial charge is 0.412 e. The van der Waals surface area contributed by atoms with Crippen LogP contribution in [0.4, 0.5) is 10.5 Å². The van der Waals surface area contributed by atoms with E-state index in [-0.39, 0.29) is 19.1 Å². The average molecular weight is 507 g/mol. The molecule has 8 nitrogen and oxygen atoms in total. The van der Waals surface area contributed by atoms with Crippen LogP contribution in [0.1, 0.15) is 31.4 Å². The first-order chi connectivity index (χ1) is 15.4. The zero-order valence-electron chi connectivity index (χ0n) is 17.7. The fourth-order valence-corrected chi connectivity index (χ4v) is 3.23. The van der Waals surface area contributed by atoms with Crippen LogP contribution in [0.2, 0.25) is 0 Å². The third kappa shape index (κ3) is 8.70. The third-order valence-corrected chi connectivity index (χ3v) is 5.11. The maximum atomic E-state index is 12.6. The van der Waals surface area contributed by atoms with Gasteiger partial charge in [-0.3, -0.25) is 15.3 Å². The van der Waals surface area contributed by atoms with Gasteiger partial charge in [0.2, 0.25) is 0 Å². The predicted octanol–water partition coefficient (Wildman–Crippen LogP) is 4.59. The highest BCUT2D eigenvalue weighted by Crippen LogP contribution is 2.31. The lowest BCUT2D eigenvalue weighted by atomic mass is 9.93. The van der Waals surface area contributed by atoms with Crippen LogP contribution in [0.5, 0.6) is 5.75 Å². The quantitative estimate of drug-likeness (QED) is 0.201. The number of hydroxylamine groups is 1. The Bertz CT molecular complexity index is 886. The van der Waals surface area contributed by atoms with Crippen molar-refractivity contribution >= 4 is 33.6 Å². The molecule has 2 atom stereocenters. The molecule has 0 aromatic heterocycles. The Balaban J connectivity index is 2.10. The fraction of sp³-hybridized carbons (Fsp3) is 0.304. The Morgan fingerprint density at radius 3 is 2.44 bits per heavy atom. The molecule has 0 heterocycles. The van der Waals surface area contributed by atoms with Crippen molar-refractivity contribution in [1.82, 2.24) is 5.48 Å². The van der Waals surface area contributed by atoms with Gasteiger partial charge < -0.3 is 14.6 Å². The Morgan fingerprint density at radius 2 is 1.81 bits per heavy atom. The van der Waals surface area contributed by atoms with Gasteiger partial charge in [0.15, 0.2) is 0 Å². The van der Waals surface area contributed by atoms with E-state index in [4.69, 9.17) is 19.8 Å². The average Bonchev–Trinajstić information content (AvgIpc) is 2.80. The van der Waals surface area contributed by atoms with Gasteiger partial charge in [0.05, 0.1) is 6.61 Å². The molecule has 0 saturated heterocycles. The highest BCUT2D eigenvalue weighted by molar-refractivity contribution is 9.10. The van der Waals surface area contributed by atoms with Gasteiger partial charge in [-0.2, -0.15) is 0 Å². The normalized spacial score (nSPS) is 12.8. The maximum absolute atomic E-state index is 12.6. The second-order valence-electron chi connectivity index (χ2n) is 7.03. The Morgan fingerprint density at radius 1 is 1.12 bits per heavy atom. The molecule has 32 heavy (non-hydrogen) atoms. The molecule has 0 saturated carbocycles. The molecule has 2 rings (SSSR count). The number of aliphatic hydroxyl groups is 1. The van der Waals surface area contributed by atoms with Crippen molar-refractivity contribution in [3.63, 3.8) is 0 Å². The van der Waals surface area contributed by atoms with Crippen molar-refractivity contribution in [2.45, 2.75) is 25.9 Å². The van der Waals surface area contributed by atoms with E-state index in [1.165, 1.54) is 6.08 Å². The van der Waals surface area contributed by atoms with Crippen molar-refractivity contribution in [2.75, 3.05) is 18.5 Å². The van der Waals surface area contributed by atoms with Crippen molar-refractivity contribution in [2.24, 2.45) is 5.92 Å².